The zero-order chi connectivity index (χ0) is 16.5. The van der Waals surface area contributed by atoms with Crippen molar-refractivity contribution in [3.8, 4) is 0 Å². The summed E-state index contributed by atoms with van der Waals surface area (Å²) in [7, 11) is 0. The molecule has 0 aromatic carbocycles. The lowest BCUT2D eigenvalue weighted by Crippen LogP contribution is -2.22. The van der Waals surface area contributed by atoms with Crippen LogP contribution < -0.4 is 0 Å². The molecule has 0 aromatic rings. The normalized spacial score (nSPS) is 14.2. The third-order valence-corrected chi connectivity index (χ3v) is 4.19. The SMILES string of the molecule is [CH2]C(OCC)OC(CCC)CCCCCCCCCCCC. The largest absolute Gasteiger partial charge is 0.353 e. The minimum atomic E-state index is -0.301. The lowest BCUT2D eigenvalue weighted by molar-refractivity contribution is -0.145. The fourth-order valence-corrected chi connectivity index (χ4v) is 2.90. The Balaban J connectivity index is 3.47. The van der Waals surface area contributed by atoms with Crippen molar-refractivity contribution in [1.82, 2.24) is 0 Å². The van der Waals surface area contributed by atoms with Gasteiger partial charge in [-0.25, -0.2) is 0 Å². The van der Waals surface area contributed by atoms with Crippen LogP contribution in [0.25, 0.3) is 0 Å². The van der Waals surface area contributed by atoms with Crippen molar-refractivity contribution >= 4 is 0 Å². The van der Waals surface area contributed by atoms with Crippen molar-refractivity contribution in [2.24, 2.45) is 0 Å². The first-order valence-corrected chi connectivity index (χ1v) is 9.84. The quantitative estimate of drug-likeness (QED) is 0.220. The van der Waals surface area contributed by atoms with Crippen LogP contribution in [0.5, 0.6) is 0 Å². The van der Waals surface area contributed by atoms with Crippen molar-refractivity contribution in [2.75, 3.05) is 6.61 Å². The predicted molar refractivity (Wildman–Crippen MR) is 97.0 cm³/mol. The molecule has 0 N–H and O–H groups in total. The van der Waals surface area contributed by atoms with E-state index in [0.29, 0.717) is 12.7 Å². The summed E-state index contributed by atoms with van der Waals surface area (Å²) in [5, 5.41) is 0. The molecule has 0 heterocycles. The molecule has 0 amide bonds. The Labute approximate surface area is 140 Å². The number of ether oxygens (including phenoxy) is 2. The number of hydrogen-bond acceptors (Lipinski definition) is 2. The molecule has 0 saturated carbocycles. The summed E-state index contributed by atoms with van der Waals surface area (Å²) in [5.74, 6) is 0. The maximum atomic E-state index is 5.88. The summed E-state index contributed by atoms with van der Waals surface area (Å²) >= 11 is 0. The topological polar surface area (TPSA) is 18.5 Å². The highest BCUT2D eigenvalue weighted by molar-refractivity contribution is 4.61. The van der Waals surface area contributed by atoms with Crippen LogP contribution in [0.2, 0.25) is 0 Å². The van der Waals surface area contributed by atoms with Crippen LogP contribution in [0.15, 0.2) is 0 Å². The fourth-order valence-electron chi connectivity index (χ4n) is 2.90. The highest BCUT2D eigenvalue weighted by atomic mass is 16.7. The second-order valence-corrected chi connectivity index (χ2v) is 6.40. The van der Waals surface area contributed by atoms with E-state index in [2.05, 4.69) is 20.8 Å². The first-order valence-electron chi connectivity index (χ1n) is 9.84. The Morgan fingerprint density at radius 1 is 0.682 bits per heavy atom. The number of unbranched alkanes of at least 4 members (excludes halogenated alkanes) is 9. The molecule has 0 aliphatic carbocycles. The van der Waals surface area contributed by atoms with E-state index in [1.54, 1.807) is 0 Å². The minimum absolute atomic E-state index is 0.301. The van der Waals surface area contributed by atoms with E-state index in [9.17, 15) is 0 Å². The molecule has 0 rings (SSSR count). The van der Waals surface area contributed by atoms with Gasteiger partial charge in [-0.2, -0.15) is 0 Å². The Morgan fingerprint density at radius 2 is 1.23 bits per heavy atom. The van der Waals surface area contributed by atoms with Gasteiger partial charge in [0.15, 0.2) is 6.29 Å². The van der Waals surface area contributed by atoms with Crippen molar-refractivity contribution in [2.45, 2.75) is 117 Å². The Bertz CT molecular complexity index is 206. The summed E-state index contributed by atoms with van der Waals surface area (Å²) in [6.45, 7) is 11.1. The Kier molecular flexibility index (Phi) is 17.2. The van der Waals surface area contributed by atoms with Gasteiger partial charge in [0, 0.05) is 13.5 Å². The number of hydrogen-bond donors (Lipinski definition) is 0. The van der Waals surface area contributed by atoms with Crippen LogP contribution in [0, 0.1) is 6.92 Å². The van der Waals surface area contributed by atoms with E-state index < -0.39 is 0 Å². The molecule has 2 unspecified atom stereocenters. The van der Waals surface area contributed by atoms with E-state index in [1.165, 1.54) is 70.6 Å². The van der Waals surface area contributed by atoms with Gasteiger partial charge in [0.2, 0.25) is 0 Å². The third kappa shape index (κ3) is 14.8. The van der Waals surface area contributed by atoms with Gasteiger partial charge in [-0.1, -0.05) is 84.5 Å². The smallest absolute Gasteiger partial charge is 0.158 e. The standard InChI is InChI=1S/C20H41O2/c1-5-8-9-10-11-12-13-14-15-16-18-20(17-6-2)22-19(4)21-7-3/h19-20H,4-18H2,1-3H3. The summed E-state index contributed by atoms with van der Waals surface area (Å²) in [4.78, 5) is 0. The molecule has 22 heavy (non-hydrogen) atoms. The van der Waals surface area contributed by atoms with E-state index in [1.807, 2.05) is 6.92 Å². The number of rotatable bonds is 17. The maximum absolute atomic E-state index is 5.88. The zero-order valence-electron chi connectivity index (χ0n) is 15.6. The molecule has 2 heteroatoms. The Morgan fingerprint density at radius 3 is 1.73 bits per heavy atom. The molecule has 0 aliphatic heterocycles. The minimum Gasteiger partial charge on any atom is -0.353 e. The van der Waals surface area contributed by atoms with Crippen LogP contribution in [0.1, 0.15) is 104 Å². The van der Waals surface area contributed by atoms with E-state index >= 15 is 0 Å². The van der Waals surface area contributed by atoms with E-state index in [0.717, 1.165) is 12.8 Å². The van der Waals surface area contributed by atoms with Gasteiger partial charge < -0.3 is 9.47 Å². The van der Waals surface area contributed by atoms with Crippen molar-refractivity contribution < 1.29 is 9.47 Å². The molecule has 0 spiro atoms. The van der Waals surface area contributed by atoms with Gasteiger partial charge in [-0.3, -0.25) is 0 Å². The predicted octanol–water partition coefficient (Wildman–Crippen LogP) is 6.68. The molecule has 0 aliphatic rings. The summed E-state index contributed by atoms with van der Waals surface area (Å²) < 4.78 is 11.3. The van der Waals surface area contributed by atoms with Gasteiger partial charge in [0.1, 0.15) is 0 Å². The van der Waals surface area contributed by atoms with E-state index in [-0.39, 0.29) is 6.29 Å². The molecule has 133 valence electrons. The molecule has 2 nitrogen and oxygen atoms in total. The second-order valence-electron chi connectivity index (χ2n) is 6.40. The van der Waals surface area contributed by atoms with Crippen LogP contribution in [-0.4, -0.2) is 19.0 Å². The highest BCUT2D eigenvalue weighted by Crippen LogP contribution is 2.16. The van der Waals surface area contributed by atoms with Crippen LogP contribution in [0.4, 0.5) is 0 Å². The average molecular weight is 314 g/mol. The first-order chi connectivity index (χ1) is 10.7. The highest BCUT2D eigenvalue weighted by Gasteiger charge is 2.12. The zero-order valence-corrected chi connectivity index (χ0v) is 15.6. The molecule has 1 radical (unpaired) electrons. The van der Waals surface area contributed by atoms with Gasteiger partial charge >= 0.3 is 0 Å². The molecule has 0 fully saturated rings. The summed E-state index contributed by atoms with van der Waals surface area (Å²) in [6, 6.07) is 0. The molecule has 2 atom stereocenters. The lowest BCUT2D eigenvalue weighted by atomic mass is 10.0. The lowest BCUT2D eigenvalue weighted by Gasteiger charge is -2.22. The van der Waals surface area contributed by atoms with Gasteiger partial charge in [0.25, 0.3) is 0 Å². The van der Waals surface area contributed by atoms with Crippen LogP contribution in [-0.2, 0) is 9.47 Å². The van der Waals surface area contributed by atoms with Crippen molar-refractivity contribution in [3.63, 3.8) is 0 Å². The monoisotopic (exact) mass is 313 g/mol. The molecule has 0 aromatic heterocycles. The molecule has 0 saturated heterocycles. The molecular formula is C20H41O2. The molecule has 0 bridgehead atoms. The van der Waals surface area contributed by atoms with Crippen LogP contribution >= 0.6 is 0 Å². The van der Waals surface area contributed by atoms with Gasteiger partial charge in [0.05, 0.1) is 6.10 Å². The van der Waals surface area contributed by atoms with Gasteiger partial charge in [-0.15, -0.1) is 0 Å². The van der Waals surface area contributed by atoms with Crippen molar-refractivity contribution in [3.05, 3.63) is 6.92 Å². The van der Waals surface area contributed by atoms with Crippen LogP contribution in [0.3, 0.4) is 0 Å². The fraction of sp³-hybridized carbons (Fsp3) is 0.950. The second kappa shape index (κ2) is 17.3. The third-order valence-electron chi connectivity index (χ3n) is 4.19. The summed E-state index contributed by atoms with van der Waals surface area (Å²) in [6.07, 6.45) is 17.3. The van der Waals surface area contributed by atoms with Crippen molar-refractivity contribution in [1.29, 1.82) is 0 Å². The van der Waals surface area contributed by atoms with Gasteiger partial charge in [-0.05, 0) is 19.8 Å². The first kappa shape index (κ1) is 21.9. The summed E-state index contributed by atoms with van der Waals surface area (Å²) in [5.41, 5.74) is 0. The maximum Gasteiger partial charge on any atom is 0.158 e. The van der Waals surface area contributed by atoms with E-state index in [4.69, 9.17) is 9.47 Å². The average Bonchev–Trinajstić information content (AvgIpc) is 2.49. The molecular weight excluding hydrogens is 272 g/mol. The Hall–Kier alpha value is -0.0800.